The van der Waals surface area contributed by atoms with E-state index >= 15 is 0 Å². The molecule has 0 heterocycles. The third-order valence-electron chi connectivity index (χ3n) is 2.55. The summed E-state index contributed by atoms with van der Waals surface area (Å²) in [6.45, 7) is 3.26. The zero-order valence-electron chi connectivity index (χ0n) is 10.1. The van der Waals surface area contributed by atoms with Gasteiger partial charge >= 0.3 is 0 Å². The summed E-state index contributed by atoms with van der Waals surface area (Å²) >= 11 is 12.3. The van der Waals surface area contributed by atoms with Crippen molar-refractivity contribution in [1.82, 2.24) is 0 Å². The van der Waals surface area contributed by atoms with Crippen LogP contribution in [0.4, 0.5) is 0 Å². The molecule has 4 heteroatoms. The smallest absolute Gasteiger partial charge is 0.139 e. The van der Waals surface area contributed by atoms with E-state index in [0.29, 0.717) is 17.4 Å². The van der Waals surface area contributed by atoms with Crippen molar-refractivity contribution in [2.24, 2.45) is 5.73 Å². The van der Waals surface area contributed by atoms with Crippen molar-refractivity contribution in [3.05, 3.63) is 27.7 Å². The summed E-state index contributed by atoms with van der Waals surface area (Å²) in [5.41, 5.74) is 6.53. The molecule has 17 heavy (non-hydrogen) atoms. The van der Waals surface area contributed by atoms with E-state index in [-0.39, 0.29) is 0 Å². The molecule has 0 saturated carbocycles. The SMILES string of the molecule is CCOc1cc(Cl)c(CCCCCN)cc1Cl. The van der Waals surface area contributed by atoms with Crippen LogP contribution < -0.4 is 10.5 Å². The highest BCUT2D eigenvalue weighted by Crippen LogP contribution is 2.32. The van der Waals surface area contributed by atoms with Gasteiger partial charge in [-0.2, -0.15) is 0 Å². The normalized spacial score (nSPS) is 10.6. The first kappa shape index (κ1) is 14.6. The van der Waals surface area contributed by atoms with Crippen LogP contribution in [0, 0.1) is 0 Å². The molecule has 0 aromatic heterocycles. The highest BCUT2D eigenvalue weighted by Gasteiger charge is 2.07. The largest absolute Gasteiger partial charge is 0.492 e. The Morgan fingerprint density at radius 3 is 2.53 bits per heavy atom. The Kier molecular flexibility index (Phi) is 6.71. The molecule has 0 radical (unpaired) electrons. The van der Waals surface area contributed by atoms with Gasteiger partial charge in [0, 0.05) is 11.1 Å². The van der Waals surface area contributed by atoms with Gasteiger partial charge in [0.25, 0.3) is 0 Å². The van der Waals surface area contributed by atoms with Gasteiger partial charge in [-0.1, -0.05) is 29.6 Å². The molecule has 1 aromatic rings. The van der Waals surface area contributed by atoms with Gasteiger partial charge in [-0.05, 0) is 44.4 Å². The summed E-state index contributed by atoms with van der Waals surface area (Å²) in [6.07, 6.45) is 4.20. The molecule has 0 aliphatic heterocycles. The molecule has 0 bridgehead atoms. The summed E-state index contributed by atoms with van der Waals surface area (Å²) in [5.74, 6) is 0.657. The average Bonchev–Trinajstić information content (AvgIpc) is 2.30. The van der Waals surface area contributed by atoms with E-state index in [4.69, 9.17) is 33.7 Å². The molecule has 0 aliphatic carbocycles. The second kappa shape index (κ2) is 7.80. The van der Waals surface area contributed by atoms with Gasteiger partial charge in [0.1, 0.15) is 5.75 Å². The highest BCUT2D eigenvalue weighted by molar-refractivity contribution is 6.34. The molecular weight excluding hydrogens is 257 g/mol. The lowest BCUT2D eigenvalue weighted by Gasteiger charge is -2.10. The van der Waals surface area contributed by atoms with E-state index in [1.54, 1.807) is 6.07 Å². The average molecular weight is 276 g/mol. The molecule has 1 rings (SSSR count). The van der Waals surface area contributed by atoms with Gasteiger partial charge in [0.2, 0.25) is 0 Å². The second-order valence-electron chi connectivity index (χ2n) is 3.91. The number of nitrogens with two attached hydrogens (primary N) is 1. The van der Waals surface area contributed by atoms with Crippen LogP contribution >= 0.6 is 23.2 Å². The summed E-state index contributed by atoms with van der Waals surface area (Å²) < 4.78 is 5.38. The predicted molar refractivity (Wildman–Crippen MR) is 74.2 cm³/mol. The van der Waals surface area contributed by atoms with Crippen LogP contribution in [0.3, 0.4) is 0 Å². The molecule has 0 atom stereocenters. The number of hydrogen-bond acceptors (Lipinski definition) is 2. The number of aryl methyl sites for hydroxylation is 1. The zero-order valence-corrected chi connectivity index (χ0v) is 11.7. The summed E-state index contributed by atoms with van der Waals surface area (Å²) in [5, 5.41) is 1.36. The van der Waals surface area contributed by atoms with Gasteiger partial charge < -0.3 is 10.5 Å². The number of ether oxygens (including phenoxy) is 1. The van der Waals surface area contributed by atoms with E-state index in [9.17, 15) is 0 Å². The van der Waals surface area contributed by atoms with Crippen molar-refractivity contribution in [1.29, 1.82) is 0 Å². The third kappa shape index (κ3) is 4.74. The Balaban J connectivity index is 2.64. The molecular formula is C13H19Cl2NO. The van der Waals surface area contributed by atoms with E-state index < -0.39 is 0 Å². The van der Waals surface area contributed by atoms with Crippen LogP contribution in [0.2, 0.25) is 10.0 Å². The number of hydrogen-bond donors (Lipinski definition) is 1. The van der Waals surface area contributed by atoms with Gasteiger partial charge in [-0.3, -0.25) is 0 Å². The second-order valence-corrected chi connectivity index (χ2v) is 4.72. The molecule has 0 fully saturated rings. The minimum atomic E-state index is 0.589. The minimum Gasteiger partial charge on any atom is -0.492 e. The Morgan fingerprint density at radius 2 is 1.88 bits per heavy atom. The summed E-state index contributed by atoms with van der Waals surface area (Å²) in [6, 6.07) is 3.70. The van der Waals surface area contributed by atoms with E-state index in [0.717, 1.165) is 42.8 Å². The number of unbranched alkanes of at least 4 members (excludes halogenated alkanes) is 2. The molecule has 0 spiro atoms. The van der Waals surface area contributed by atoms with Crippen molar-refractivity contribution in [3.8, 4) is 5.75 Å². The maximum absolute atomic E-state index is 6.19. The Bertz CT molecular complexity index is 356. The van der Waals surface area contributed by atoms with Crippen molar-refractivity contribution in [2.45, 2.75) is 32.6 Å². The van der Waals surface area contributed by atoms with Crippen LogP contribution in [0.1, 0.15) is 31.7 Å². The fourth-order valence-electron chi connectivity index (χ4n) is 1.66. The highest BCUT2D eigenvalue weighted by atomic mass is 35.5. The first-order valence-corrected chi connectivity index (χ1v) is 6.75. The zero-order chi connectivity index (χ0) is 12.7. The van der Waals surface area contributed by atoms with Crippen molar-refractivity contribution in [3.63, 3.8) is 0 Å². The van der Waals surface area contributed by atoms with Crippen LogP contribution in [-0.2, 0) is 6.42 Å². The minimum absolute atomic E-state index is 0.589. The van der Waals surface area contributed by atoms with Crippen LogP contribution in [0.5, 0.6) is 5.75 Å². The molecule has 0 amide bonds. The number of halogens is 2. The van der Waals surface area contributed by atoms with Gasteiger partial charge in [0.15, 0.2) is 0 Å². The Hall–Kier alpha value is -0.440. The molecule has 2 N–H and O–H groups in total. The van der Waals surface area contributed by atoms with Gasteiger partial charge in [0.05, 0.1) is 11.6 Å². The maximum Gasteiger partial charge on any atom is 0.139 e. The maximum atomic E-state index is 6.19. The standard InChI is InChI=1S/C13H19Cl2NO/c1-2-17-13-9-11(14)10(8-12(13)15)6-4-3-5-7-16/h8-9H,2-7,16H2,1H3. The third-order valence-corrected chi connectivity index (χ3v) is 3.20. The van der Waals surface area contributed by atoms with E-state index in [1.807, 2.05) is 13.0 Å². The van der Waals surface area contributed by atoms with Crippen molar-refractivity contribution in [2.75, 3.05) is 13.2 Å². The van der Waals surface area contributed by atoms with Crippen LogP contribution in [0.15, 0.2) is 12.1 Å². The van der Waals surface area contributed by atoms with Crippen LogP contribution in [0.25, 0.3) is 0 Å². The Labute approximate surface area is 113 Å². The van der Waals surface area contributed by atoms with E-state index in [1.165, 1.54) is 0 Å². The monoisotopic (exact) mass is 275 g/mol. The first-order chi connectivity index (χ1) is 8.19. The first-order valence-electron chi connectivity index (χ1n) is 5.99. The summed E-state index contributed by atoms with van der Waals surface area (Å²) in [7, 11) is 0. The molecule has 0 aliphatic rings. The number of rotatable bonds is 7. The molecule has 0 unspecified atom stereocenters. The number of benzene rings is 1. The fourth-order valence-corrected chi connectivity index (χ4v) is 2.15. The molecule has 2 nitrogen and oxygen atoms in total. The quantitative estimate of drug-likeness (QED) is 0.762. The lowest BCUT2D eigenvalue weighted by atomic mass is 10.1. The molecule has 0 saturated heterocycles. The van der Waals surface area contributed by atoms with Crippen molar-refractivity contribution < 1.29 is 4.74 Å². The molecule has 96 valence electrons. The molecule has 1 aromatic carbocycles. The lowest BCUT2D eigenvalue weighted by molar-refractivity contribution is 0.340. The van der Waals surface area contributed by atoms with Crippen LogP contribution in [-0.4, -0.2) is 13.2 Å². The Morgan fingerprint density at radius 1 is 1.12 bits per heavy atom. The van der Waals surface area contributed by atoms with Gasteiger partial charge in [-0.15, -0.1) is 0 Å². The lowest BCUT2D eigenvalue weighted by Crippen LogP contribution is -1.99. The fraction of sp³-hybridized carbons (Fsp3) is 0.538. The topological polar surface area (TPSA) is 35.2 Å². The van der Waals surface area contributed by atoms with E-state index in [2.05, 4.69) is 0 Å². The summed E-state index contributed by atoms with van der Waals surface area (Å²) in [4.78, 5) is 0. The van der Waals surface area contributed by atoms with Gasteiger partial charge in [-0.25, -0.2) is 0 Å². The predicted octanol–water partition coefficient (Wildman–Crippen LogP) is 4.06. The van der Waals surface area contributed by atoms with Crippen molar-refractivity contribution >= 4 is 23.2 Å².